The molecule has 100 valence electrons. The smallest absolute Gasteiger partial charge is 0.223 e. The summed E-state index contributed by atoms with van der Waals surface area (Å²) >= 11 is 5.93. The van der Waals surface area contributed by atoms with Gasteiger partial charge in [-0.25, -0.2) is 4.98 Å². The molecule has 0 saturated heterocycles. The second kappa shape index (κ2) is 5.89. The minimum absolute atomic E-state index is 0.200. The molecule has 2 aromatic rings. The second-order valence-electron chi connectivity index (χ2n) is 4.35. The highest BCUT2D eigenvalue weighted by Gasteiger charge is 2.10. The van der Waals surface area contributed by atoms with E-state index >= 15 is 0 Å². The molecule has 0 aliphatic carbocycles. The predicted molar refractivity (Wildman–Crippen MR) is 79.4 cm³/mol. The fourth-order valence-corrected chi connectivity index (χ4v) is 2.12. The molecule has 0 unspecified atom stereocenters. The van der Waals surface area contributed by atoms with Crippen LogP contribution >= 0.6 is 11.6 Å². The molecule has 0 saturated carbocycles. The minimum Gasteiger partial charge on any atom is -0.368 e. The van der Waals surface area contributed by atoms with Crippen LogP contribution in [0.1, 0.15) is 18.1 Å². The summed E-state index contributed by atoms with van der Waals surface area (Å²) in [5, 5.41) is 0.366. The van der Waals surface area contributed by atoms with Crippen molar-refractivity contribution in [2.75, 3.05) is 17.2 Å². The molecule has 1 aromatic carbocycles. The lowest BCUT2D eigenvalue weighted by Gasteiger charge is -2.23. The van der Waals surface area contributed by atoms with Crippen LogP contribution in [-0.2, 0) is 6.54 Å². The molecule has 5 heteroatoms. The first-order chi connectivity index (χ1) is 9.10. The van der Waals surface area contributed by atoms with E-state index < -0.39 is 0 Å². The zero-order chi connectivity index (χ0) is 13.8. The van der Waals surface area contributed by atoms with E-state index in [0.29, 0.717) is 5.15 Å². The Morgan fingerprint density at radius 2 is 2.00 bits per heavy atom. The maximum Gasteiger partial charge on any atom is 0.223 e. The summed E-state index contributed by atoms with van der Waals surface area (Å²) in [4.78, 5) is 10.2. The topological polar surface area (TPSA) is 55.0 Å². The number of hydrogen-bond donors (Lipinski definition) is 1. The molecule has 1 aromatic heterocycles. The first kappa shape index (κ1) is 13.6. The van der Waals surface area contributed by atoms with E-state index in [0.717, 1.165) is 18.9 Å². The summed E-state index contributed by atoms with van der Waals surface area (Å²) in [7, 11) is 0. The van der Waals surface area contributed by atoms with Crippen LogP contribution < -0.4 is 10.6 Å². The Hall–Kier alpha value is -1.81. The Bertz CT molecular complexity index is 551. The van der Waals surface area contributed by atoms with Crippen LogP contribution in [0.5, 0.6) is 0 Å². The number of benzene rings is 1. The molecule has 0 atom stereocenters. The van der Waals surface area contributed by atoms with Crippen molar-refractivity contribution in [3.63, 3.8) is 0 Å². The Labute approximate surface area is 118 Å². The van der Waals surface area contributed by atoms with E-state index in [-0.39, 0.29) is 5.95 Å². The zero-order valence-corrected chi connectivity index (χ0v) is 11.9. The lowest BCUT2D eigenvalue weighted by Crippen LogP contribution is -2.24. The highest BCUT2D eigenvalue weighted by Crippen LogP contribution is 2.20. The second-order valence-corrected chi connectivity index (χ2v) is 4.73. The van der Waals surface area contributed by atoms with Crippen LogP contribution in [0.15, 0.2) is 30.3 Å². The number of rotatable bonds is 4. The van der Waals surface area contributed by atoms with E-state index in [1.807, 2.05) is 12.1 Å². The van der Waals surface area contributed by atoms with E-state index in [4.69, 9.17) is 17.3 Å². The first-order valence-corrected chi connectivity index (χ1v) is 6.57. The minimum atomic E-state index is 0.200. The number of nitrogens with zero attached hydrogens (tertiary/aromatic N) is 3. The van der Waals surface area contributed by atoms with Gasteiger partial charge in [0.2, 0.25) is 5.95 Å². The summed E-state index contributed by atoms with van der Waals surface area (Å²) < 4.78 is 0. The summed E-state index contributed by atoms with van der Waals surface area (Å²) in [5.41, 5.74) is 8.16. The van der Waals surface area contributed by atoms with Gasteiger partial charge in [0, 0.05) is 19.2 Å². The first-order valence-electron chi connectivity index (χ1n) is 6.19. The molecule has 2 N–H and O–H groups in total. The van der Waals surface area contributed by atoms with Crippen molar-refractivity contribution in [1.82, 2.24) is 9.97 Å². The average molecular weight is 277 g/mol. The van der Waals surface area contributed by atoms with Gasteiger partial charge in [-0.2, -0.15) is 4.98 Å². The molecule has 0 fully saturated rings. The Morgan fingerprint density at radius 3 is 2.63 bits per heavy atom. The fraction of sp³-hybridized carbons (Fsp3) is 0.286. The van der Waals surface area contributed by atoms with Gasteiger partial charge >= 0.3 is 0 Å². The molecular formula is C14H17ClN4. The SMILES string of the molecule is CCN(Cc1ccccc1C)c1cc(Cl)nc(N)n1. The Kier molecular flexibility index (Phi) is 4.22. The lowest BCUT2D eigenvalue weighted by molar-refractivity contribution is 0.808. The molecule has 0 aliphatic heterocycles. The molecule has 0 radical (unpaired) electrons. The highest BCUT2D eigenvalue weighted by molar-refractivity contribution is 6.29. The van der Waals surface area contributed by atoms with Gasteiger partial charge in [0.25, 0.3) is 0 Å². The predicted octanol–water partition coefficient (Wildman–Crippen LogP) is 3.05. The largest absolute Gasteiger partial charge is 0.368 e. The van der Waals surface area contributed by atoms with Crippen molar-refractivity contribution in [1.29, 1.82) is 0 Å². The number of hydrogen-bond acceptors (Lipinski definition) is 4. The Morgan fingerprint density at radius 1 is 1.26 bits per heavy atom. The van der Waals surface area contributed by atoms with Crippen LogP contribution in [0.3, 0.4) is 0 Å². The van der Waals surface area contributed by atoms with Crippen molar-refractivity contribution in [3.8, 4) is 0 Å². The van der Waals surface area contributed by atoms with Crippen LogP contribution in [0.25, 0.3) is 0 Å². The molecule has 0 aliphatic rings. The molecule has 0 amide bonds. The maximum atomic E-state index is 5.93. The van der Waals surface area contributed by atoms with Crippen LogP contribution in [0.4, 0.5) is 11.8 Å². The molecule has 19 heavy (non-hydrogen) atoms. The maximum absolute atomic E-state index is 5.93. The normalized spacial score (nSPS) is 10.5. The van der Waals surface area contributed by atoms with E-state index in [9.17, 15) is 0 Å². The van der Waals surface area contributed by atoms with Crippen molar-refractivity contribution in [3.05, 3.63) is 46.6 Å². The van der Waals surface area contributed by atoms with Crippen molar-refractivity contribution in [2.24, 2.45) is 0 Å². The van der Waals surface area contributed by atoms with Crippen LogP contribution in [0, 0.1) is 6.92 Å². The summed E-state index contributed by atoms with van der Waals surface area (Å²) in [6.07, 6.45) is 0. The van der Waals surface area contributed by atoms with Crippen molar-refractivity contribution < 1.29 is 0 Å². The number of nitrogens with two attached hydrogens (primary N) is 1. The molecule has 4 nitrogen and oxygen atoms in total. The van der Waals surface area contributed by atoms with Crippen molar-refractivity contribution >= 4 is 23.4 Å². The van der Waals surface area contributed by atoms with E-state index in [1.54, 1.807) is 6.07 Å². The van der Waals surface area contributed by atoms with Gasteiger partial charge in [-0.1, -0.05) is 35.9 Å². The third-order valence-corrected chi connectivity index (χ3v) is 3.22. The average Bonchev–Trinajstić information content (AvgIpc) is 2.36. The molecular weight excluding hydrogens is 260 g/mol. The zero-order valence-electron chi connectivity index (χ0n) is 11.1. The molecule has 1 heterocycles. The third kappa shape index (κ3) is 3.35. The fourth-order valence-electron chi connectivity index (χ4n) is 1.93. The summed E-state index contributed by atoms with van der Waals surface area (Å²) in [6, 6.07) is 10.0. The summed E-state index contributed by atoms with van der Waals surface area (Å²) in [5.74, 6) is 0.953. The highest BCUT2D eigenvalue weighted by atomic mass is 35.5. The van der Waals surface area contributed by atoms with E-state index in [2.05, 4.69) is 40.8 Å². The lowest BCUT2D eigenvalue weighted by atomic mass is 10.1. The van der Waals surface area contributed by atoms with Crippen molar-refractivity contribution in [2.45, 2.75) is 20.4 Å². The van der Waals surface area contributed by atoms with Gasteiger partial charge in [0.1, 0.15) is 11.0 Å². The molecule has 0 spiro atoms. The van der Waals surface area contributed by atoms with E-state index in [1.165, 1.54) is 11.1 Å². The van der Waals surface area contributed by atoms with Gasteiger partial charge in [0.05, 0.1) is 0 Å². The summed E-state index contributed by atoms with van der Waals surface area (Å²) in [6.45, 7) is 5.77. The van der Waals surface area contributed by atoms with Gasteiger partial charge in [-0.05, 0) is 25.0 Å². The third-order valence-electron chi connectivity index (χ3n) is 3.03. The number of halogens is 1. The molecule has 2 rings (SSSR count). The number of nitrogen functional groups attached to an aromatic ring is 1. The number of aryl methyl sites for hydroxylation is 1. The van der Waals surface area contributed by atoms with Crippen LogP contribution in [-0.4, -0.2) is 16.5 Å². The monoisotopic (exact) mass is 276 g/mol. The van der Waals surface area contributed by atoms with Crippen LogP contribution in [0.2, 0.25) is 5.15 Å². The quantitative estimate of drug-likeness (QED) is 0.872. The molecule has 0 bridgehead atoms. The number of aromatic nitrogens is 2. The Balaban J connectivity index is 2.28. The standard InChI is InChI=1S/C14H17ClN4/c1-3-19(9-11-7-5-4-6-10(11)2)13-8-12(15)17-14(16)18-13/h4-8H,3,9H2,1-2H3,(H2,16,17,18). The van der Waals surface area contributed by atoms with Gasteiger partial charge in [0.15, 0.2) is 0 Å². The van der Waals surface area contributed by atoms with Gasteiger partial charge in [-0.15, -0.1) is 0 Å². The number of anilines is 2. The van der Waals surface area contributed by atoms with Gasteiger partial charge < -0.3 is 10.6 Å². The van der Waals surface area contributed by atoms with Gasteiger partial charge in [-0.3, -0.25) is 0 Å².